The zero-order chi connectivity index (χ0) is 20.4. The van der Waals surface area contributed by atoms with Crippen LogP contribution < -0.4 is 5.43 Å². The summed E-state index contributed by atoms with van der Waals surface area (Å²) in [7, 11) is 0. The molecule has 4 rings (SSSR count). The van der Waals surface area contributed by atoms with Gasteiger partial charge < -0.3 is 4.57 Å². The van der Waals surface area contributed by atoms with Gasteiger partial charge in [-0.25, -0.2) is 4.98 Å². The van der Waals surface area contributed by atoms with E-state index in [1.165, 1.54) is 6.07 Å². The van der Waals surface area contributed by atoms with Crippen LogP contribution >= 0.6 is 0 Å². The highest BCUT2D eigenvalue weighted by molar-refractivity contribution is 5.83. The standard InChI is InChI=1S/C22H19N5O2/c1-15-12-18(16(2)26(15)19-7-5-8-20(13-19)27(28)29)14-23-25-22-11-10-17-6-3-4-9-21(17)24-22/h3-14H,1-2H3,(H,24,25)/b23-14-. The number of nitro groups is 1. The number of fused-ring (bicyclic) bond motifs is 1. The number of hydrazone groups is 1. The van der Waals surface area contributed by atoms with Crippen molar-refractivity contribution in [3.8, 4) is 5.69 Å². The minimum Gasteiger partial charge on any atom is -0.318 e. The molecule has 0 radical (unpaired) electrons. The van der Waals surface area contributed by atoms with Crippen molar-refractivity contribution in [1.82, 2.24) is 9.55 Å². The summed E-state index contributed by atoms with van der Waals surface area (Å²) in [4.78, 5) is 15.2. The van der Waals surface area contributed by atoms with Gasteiger partial charge in [0.05, 0.1) is 22.3 Å². The molecule has 2 aromatic heterocycles. The van der Waals surface area contributed by atoms with E-state index in [-0.39, 0.29) is 10.6 Å². The van der Waals surface area contributed by atoms with E-state index in [2.05, 4.69) is 15.5 Å². The molecule has 0 bridgehead atoms. The minimum absolute atomic E-state index is 0.0641. The fourth-order valence-electron chi connectivity index (χ4n) is 3.36. The molecule has 0 saturated carbocycles. The highest BCUT2D eigenvalue weighted by Crippen LogP contribution is 2.23. The average Bonchev–Trinajstić information content (AvgIpc) is 3.01. The highest BCUT2D eigenvalue weighted by atomic mass is 16.6. The number of hydrogen-bond acceptors (Lipinski definition) is 5. The summed E-state index contributed by atoms with van der Waals surface area (Å²) in [6.45, 7) is 3.92. The summed E-state index contributed by atoms with van der Waals surface area (Å²) in [6.07, 6.45) is 1.73. The number of nitrogens with one attached hydrogen (secondary N) is 1. The van der Waals surface area contributed by atoms with Gasteiger partial charge in [-0.1, -0.05) is 24.3 Å². The lowest BCUT2D eigenvalue weighted by Gasteiger charge is -2.09. The topological polar surface area (TPSA) is 85.3 Å². The molecular formula is C22H19N5O2. The number of nitro benzene ring substituents is 1. The van der Waals surface area contributed by atoms with E-state index in [9.17, 15) is 10.1 Å². The van der Waals surface area contributed by atoms with Crippen molar-refractivity contribution in [2.24, 2.45) is 5.10 Å². The van der Waals surface area contributed by atoms with Crippen LogP contribution in [0.25, 0.3) is 16.6 Å². The molecule has 0 unspecified atom stereocenters. The summed E-state index contributed by atoms with van der Waals surface area (Å²) >= 11 is 0. The quantitative estimate of drug-likeness (QED) is 0.298. The number of pyridine rings is 1. The van der Waals surface area contributed by atoms with E-state index in [0.29, 0.717) is 5.82 Å². The number of hydrogen-bond donors (Lipinski definition) is 1. The third-order valence-electron chi connectivity index (χ3n) is 4.75. The Morgan fingerprint density at radius 3 is 2.72 bits per heavy atom. The Morgan fingerprint density at radius 1 is 1.07 bits per heavy atom. The lowest BCUT2D eigenvalue weighted by Crippen LogP contribution is -2.01. The van der Waals surface area contributed by atoms with Crippen molar-refractivity contribution >= 4 is 28.6 Å². The van der Waals surface area contributed by atoms with E-state index < -0.39 is 0 Å². The third-order valence-corrected chi connectivity index (χ3v) is 4.75. The number of benzene rings is 2. The normalized spacial score (nSPS) is 11.2. The molecule has 0 aliphatic rings. The largest absolute Gasteiger partial charge is 0.318 e. The van der Waals surface area contributed by atoms with E-state index in [1.54, 1.807) is 18.3 Å². The second kappa shape index (κ2) is 7.55. The molecule has 2 aromatic carbocycles. The van der Waals surface area contributed by atoms with Gasteiger partial charge in [-0.2, -0.15) is 5.10 Å². The maximum atomic E-state index is 11.1. The van der Waals surface area contributed by atoms with Crippen LogP contribution in [0.2, 0.25) is 0 Å². The van der Waals surface area contributed by atoms with Crippen molar-refractivity contribution in [1.29, 1.82) is 0 Å². The van der Waals surface area contributed by atoms with E-state index >= 15 is 0 Å². The monoisotopic (exact) mass is 385 g/mol. The number of rotatable bonds is 5. The number of anilines is 1. The van der Waals surface area contributed by atoms with Crippen LogP contribution in [0, 0.1) is 24.0 Å². The predicted molar refractivity (Wildman–Crippen MR) is 115 cm³/mol. The van der Waals surface area contributed by atoms with Crippen molar-refractivity contribution in [3.05, 3.63) is 93.8 Å². The lowest BCUT2D eigenvalue weighted by atomic mass is 10.2. The Hall–Kier alpha value is -4.00. The molecule has 0 amide bonds. The lowest BCUT2D eigenvalue weighted by molar-refractivity contribution is -0.384. The first-order valence-electron chi connectivity index (χ1n) is 9.11. The van der Waals surface area contributed by atoms with Crippen LogP contribution in [0.3, 0.4) is 0 Å². The smallest absolute Gasteiger partial charge is 0.271 e. The van der Waals surface area contributed by atoms with E-state index in [1.807, 2.05) is 66.9 Å². The number of para-hydroxylation sites is 1. The fraction of sp³-hybridized carbons (Fsp3) is 0.0909. The Morgan fingerprint density at radius 2 is 1.90 bits per heavy atom. The molecule has 0 aliphatic heterocycles. The van der Waals surface area contributed by atoms with Crippen molar-refractivity contribution in [2.75, 3.05) is 5.43 Å². The first kappa shape index (κ1) is 18.4. The molecule has 7 nitrogen and oxygen atoms in total. The SMILES string of the molecule is Cc1cc(/C=N\Nc2ccc3ccccc3n2)c(C)n1-c1cccc([N+](=O)[O-])c1. The molecule has 0 fully saturated rings. The highest BCUT2D eigenvalue weighted by Gasteiger charge is 2.12. The Balaban J connectivity index is 1.58. The van der Waals surface area contributed by atoms with Gasteiger partial charge in [-0.05, 0) is 44.2 Å². The van der Waals surface area contributed by atoms with Crippen LogP contribution in [0.1, 0.15) is 17.0 Å². The van der Waals surface area contributed by atoms with E-state index in [4.69, 9.17) is 0 Å². The molecule has 0 saturated heterocycles. The summed E-state index contributed by atoms with van der Waals surface area (Å²) in [5, 5.41) is 16.5. The van der Waals surface area contributed by atoms with Gasteiger partial charge in [0.1, 0.15) is 5.82 Å². The maximum absolute atomic E-state index is 11.1. The second-order valence-corrected chi connectivity index (χ2v) is 6.70. The molecule has 29 heavy (non-hydrogen) atoms. The molecule has 0 atom stereocenters. The first-order chi connectivity index (χ1) is 14.0. The Bertz CT molecular complexity index is 1240. The van der Waals surface area contributed by atoms with Gasteiger partial charge in [0, 0.05) is 34.5 Å². The molecule has 2 heterocycles. The molecule has 7 heteroatoms. The molecule has 0 spiro atoms. The van der Waals surface area contributed by atoms with Crippen LogP contribution in [-0.2, 0) is 0 Å². The average molecular weight is 385 g/mol. The number of aryl methyl sites for hydroxylation is 1. The minimum atomic E-state index is -0.388. The summed E-state index contributed by atoms with van der Waals surface area (Å²) in [5.41, 5.74) is 7.51. The van der Waals surface area contributed by atoms with Gasteiger partial charge in [0.25, 0.3) is 5.69 Å². The van der Waals surface area contributed by atoms with Crippen LogP contribution in [0.15, 0.2) is 71.8 Å². The Kier molecular flexibility index (Phi) is 4.78. The van der Waals surface area contributed by atoms with Gasteiger partial charge in [-0.15, -0.1) is 0 Å². The van der Waals surface area contributed by atoms with Gasteiger partial charge in [-0.3, -0.25) is 15.5 Å². The third kappa shape index (κ3) is 3.70. The van der Waals surface area contributed by atoms with Crippen molar-refractivity contribution in [3.63, 3.8) is 0 Å². The number of nitrogens with zero attached hydrogens (tertiary/aromatic N) is 4. The van der Waals surface area contributed by atoms with Crippen molar-refractivity contribution in [2.45, 2.75) is 13.8 Å². The zero-order valence-corrected chi connectivity index (χ0v) is 16.0. The first-order valence-corrected chi connectivity index (χ1v) is 9.11. The molecular weight excluding hydrogens is 366 g/mol. The maximum Gasteiger partial charge on any atom is 0.271 e. The molecule has 4 aromatic rings. The summed E-state index contributed by atoms with van der Waals surface area (Å²) < 4.78 is 1.97. The van der Waals surface area contributed by atoms with Crippen LogP contribution in [-0.4, -0.2) is 20.7 Å². The molecule has 144 valence electrons. The molecule has 1 N–H and O–H groups in total. The van der Waals surface area contributed by atoms with Crippen molar-refractivity contribution < 1.29 is 4.92 Å². The van der Waals surface area contributed by atoms with Gasteiger partial charge in [0.15, 0.2) is 0 Å². The number of non-ortho nitro benzene ring substituents is 1. The number of aromatic nitrogens is 2. The summed E-state index contributed by atoms with van der Waals surface area (Å²) in [6, 6.07) is 20.4. The Labute approximate surface area is 167 Å². The van der Waals surface area contributed by atoms with Crippen LogP contribution in [0.4, 0.5) is 11.5 Å². The fourth-order valence-corrected chi connectivity index (χ4v) is 3.36. The zero-order valence-electron chi connectivity index (χ0n) is 16.0. The van der Waals surface area contributed by atoms with Crippen LogP contribution in [0.5, 0.6) is 0 Å². The predicted octanol–water partition coefficient (Wildman–Crippen LogP) is 5.00. The van der Waals surface area contributed by atoms with Gasteiger partial charge in [0.2, 0.25) is 0 Å². The van der Waals surface area contributed by atoms with E-state index in [0.717, 1.165) is 33.5 Å². The van der Waals surface area contributed by atoms with Gasteiger partial charge >= 0.3 is 0 Å². The second-order valence-electron chi connectivity index (χ2n) is 6.70. The molecule has 0 aliphatic carbocycles. The summed E-state index contributed by atoms with van der Waals surface area (Å²) in [5.74, 6) is 0.660.